The standard InChI is InChI=1S/C4H5ClF2O/c1-2-8-4(7)3(5)6/h2H2,1H3/b4-3+. The zero-order valence-corrected chi connectivity index (χ0v) is 5.01. The Bertz CT molecular complexity index is 98.2. The van der Waals surface area contributed by atoms with E-state index in [9.17, 15) is 8.78 Å². The summed E-state index contributed by atoms with van der Waals surface area (Å²) in [6, 6.07) is -1.35. The Balaban J connectivity index is 3.62. The largest absolute Gasteiger partial charge is 0.468 e. The summed E-state index contributed by atoms with van der Waals surface area (Å²) in [7, 11) is 0. The Labute approximate surface area is 50.9 Å². The van der Waals surface area contributed by atoms with Gasteiger partial charge in [0.1, 0.15) is 0 Å². The van der Waals surface area contributed by atoms with Crippen LogP contribution in [0.4, 0.5) is 8.78 Å². The second-order valence-electron chi connectivity index (χ2n) is 0.967. The van der Waals surface area contributed by atoms with Crippen LogP contribution >= 0.6 is 11.6 Å². The Morgan fingerprint density at radius 3 is 2.25 bits per heavy atom. The van der Waals surface area contributed by atoms with Crippen molar-refractivity contribution in [1.82, 2.24) is 0 Å². The summed E-state index contributed by atoms with van der Waals surface area (Å²) >= 11 is 4.52. The predicted molar refractivity (Wildman–Crippen MR) is 26.7 cm³/mol. The quantitative estimate of drug-likeness (QED) is 0.538. The second-order valence-corrected chi connectivity index (χ2v) is 1.30. The number of hydrogen-bond donors (Lipinski definition) is 0. The Morgan fingerprint density at radius 1 is 1.62 bits per heavy atom. The van der Waals surface area contributed by atoms with Crippen LogP contribution in [-0.2, 0) is 4.74 Å². The lowest BCUT2D eigenvalue weighted by Crippen LogP contribution is -1.84. The molecule has 8 heavy (non-hydrogen) atoms. The third-order valence-corrected chi connectivity index (χ3v) is 0.568. The smallest absolute Gasteiger partial charge is 0.321 e. The van der Waals surface area contributed by atoms with Crippen molar-refractivity contribution in [2.24, 2.45) is 0 Å². The molecule has 0 fully saturated rings. The van der Waals surface area contributed by atoms with Gasteiger partial charge in [-0.05, 0) is 18.5 Å². The fraction of sp³-hybridized carbons (Fsp3) is 0.500. The maximum absolute atomic E-state index is 11.7. The lowest BCUT2D eigenvalue weighted by Gasteiger charge is -1.94. The van der Waals surface area contributed by atoms with Gasteiger partial charge in [0.05, 0.1) is 6.61 Å². The first-order valence-electron chi connectivity index (χ1n) is 2.02. The normalized spacial score (nSPS) is 13.0. The second kappa shape index (κ2) is 3.66. The molecule has 0 rings (SSSR count). The van der Waals surface area contributed by atoms with Gasteiger partial charge in [-0.3, -0.25) is 0 Å². The Hall–Kier alpha value is -0.310. The lowest BCUT2D eigenvalue weighted by atomic mass is 10.8. The van der Waals surface area contributed by atoms with Crippen LogP contribution in [0.15, 0.2) is 11.3 Å². The van der Waals surface area contributed by atoms with Crippen molar-refractivity contribution in [3.8, 4) is 0 Å². The molecule has 0 aromatic carbocycles. The first-order chi connectivity index (χ1) is 3.68. The highest BCUT2D eigenvalue weighted by Gasteiger charge is 2.00. The van der Waals surface area contributed by atoms with Crippen LogP contribution in [0, 0.1) is 0 Å². The number of hydrogen-bond acceptors (Lipinski definition) is 1. The number of ether oxygens (including phenoxy) is 1. The molecule has 0 aliphatic carbocycles. The predicted octanol–water partition coefficient (Wildman–Crippen LogP) is 2.33. The first kappa shape index (κ1) is 7.69. The summed E-state index contributed by atoms with van der Waals surface area (Å²) < 4.78 is 27.1. The molecule has 4 heteroatoms. The van der Waals surface area contributed by atoms with E-state index in [1.165, 1.54) is 6.92 Å². The SMILES string of the molecule is CCO/C(F)=C(/F)Cl. The molecule has 0 aromatic heterocycles. The Morgan fingerprint density at radius 2 is 2.12 bits per heavy atom. The average Bonchev–Trinajstić information content (AvgIpc) is 1.67. The van der Waals surface area contributed by atoms with Gasteiger partial charge in [0.25, 0.3) is 5.29 Å². The zero-order chi connectivity index (χ0) is 6.57. The molecule has 0 aliphatic heterocycles. The molecule has 0 atom stereocenters. The monoisotopic (exact) mass is 142 g/mol. The van der Waals surface area contributed by atoms with E-state index in [4.69, 9.17) is 0 Å². The molecule has 0 bridgehead atoms. The van der Waals surface area contributed by atoms with Gasteiger partial charge in [-0.2, -0.15) is 8.78 Å². The molecule has 1 nitrogen and oxygen atoms in total. The van der Waals surface area contributed by atoms with Crippen LogP contribution in [-0.4, -0.2) is 6.61 Å². The van der Waals surface area contributed by atoms with E-state index in [0.29, 0.717) is 0 Å². The molecular formula is C4H5ClF2O. The maximum atomic E-state index is 11.7. The lowest BCUT2D eigenvalue weighted by molar-refractivity contribution is 0.149. The topological polar surface area (TPSA) is 9.23 Å². The highest BCUT2D eigenvalue weighted by molar-refractivity contribution is 6.28. The highest BCUT2D eigenvalue weighted by atomic mass is 35.5. The summed E-state index contributed by atoms with van der Waals surface area (Å²) in [5, 5.41) is -1.44. The van der Waals surface area contributed by atoms with Gasteiger partial charge in [-0.25, -0.2) is 0 Å². The molecule has 0 heterocycles. The number of rotatable bonds is 2. The van der Waals surface area contributed by atoms with Crippen molar-refractivity contribution >= 4 is 11.6 Å². The third-order valence-electron chi connectivity index (χ3n) is 0.420. The minimum absolute atomic E-state index is 0.0754. The number of halogens is 3. The fourth-order valence-electron chi connectivity index (χ4n) is 0.181. The van der Waals surface area contributed by atoms with Crippen LogP contribution < -0.4 is 0 Å². The maximum Gasteiger partial charge on any atom is 0.321 e. The minimum atomic E-state index is -1.44. The minimum Gasteiger partial charge on any atom is -0.468 e. The van der Waals surface area contributed by atoms with Crippen molar-refractivity contribution in [2.75, 3.05) is 6.61 Å². The average molecular weight is 143 g/mol. The summed E-state index contributed by atoms with van der Waals surface area (Å²) in [6.07, 6.45) is 0. The van der Waals surface area contributed by atoms with E-state index in [2.05, 4.69) is 16.3 Å². The van der Waals surface area contributed by atoms with E-state index < -0.39 is 11.3 Å². The van der Waals surface area contributed by atoms with E-state index in [1.807, 2.05) is 0 Å². The molecule has 0 saturated carbocycles. The molecule has 0 unspecified atom stereocenters. The first-order valence-corrected chi connectivity index (χ1v) is 2.39. The van der Waals surface area contributed by atoms with Crippen molar-refractivity contribution < 1.29 is 13.5 Å². The van der Waals surface area contributed by atoms with Crippen LogP contribution in [0.5, 0.6) is 0 Å². The van der Waals surface area contributed by atoms with Gasteiger partial charge in [-0.1, -0.05) is 0 Å². The van der Waals surface area contributed by atoms with E-state index >= 15 is 0 Å². The van der Waals surface area contributed by atoms with Gasteiger partial charge in [0.2, 0.25) is 0 Å². The summed E-state index contributed by atoms with van der Waals surface area (Å²) in [5.41, 5.74) is 0. The molecule has 0 amide bonds. The van der Waals surface area contributed by atoms with Crippen LogP contribution in [0.1, 0.15) is 6.92 Å². The molecule has 48 valence electrons. The van der Waals surface area contributed by atoms with Gasteiger partial charge in [0.15, 0.2) is 0 Å². The van der Waals surface area contributed by atoms with Gasteiger partial charge >= 0.3 is 6.01 Å². The zero-order valence-electron chi connectivity index (χ0n) is 4.25. The van der Waals surface area contributed by atoms with E-state index in [0.717, 1.165) is 0 Å². The van der Waals surface area contributed by atoms with Crippen molar-refractivity contribution in [2.45, 2.75) is 6.92 Å². The molecule has 0 spiro atoms. The molecule has 0 saturated heterocycles. The van der Waals surface area contributed by atoms with E-state index in [-0.39, 0.29) is 6.61 Å². The fourth-order valence-corrected chi connectivity index (χ4v) is 0.236. The molecule has 0 N–H and O–H groups in total. The summed E-state index contributed by atoms with van der Waals surface area (Å²) in [6.45, 7) is 1.60. The van der Waals surface area contributed by atoms with Crippen LogP contribution in [0.2, 0.25) is 0 Å². The van der Waals surface area contributed by atoms with Crippen molar-refractivity contribution in [3.05, 3.63) is 11.3 Å². The van der Waals surface area contributed by atoms with Crippen molar-refractivity contribution in [3.63, 3.8) is 0 Å². The Kier molecular flexibility index (Phi) is 3.52. The van der Waals surface area contributed by atoms with Crippen molar-refractivity contribution in [1.29, 1.82) is 0 Å². The van der Waals surface area contributed by atoms with Crippen LogP contribution in [0.25, 0.3) is 0 Å². The summed E-state index contributed by atoms with van der Waals surface area (Å²) in [4.78, 5) is 0. The molecular weight excluding hydrogens is 137 g/mol. The summed E-state index contributed by atoms with van der Waals surface area (Å²) in [5.74, 6) is 0. The molecule has 0 aromatic rings. The highest BCUT2D eigenvalue weighted by Crippen LogP contribution is 2.12. The van der Waals surface area contributed by atoms with E-state index in [1.54, 1.807) is 0 Å². The molecule has 0 aliphatic rings. The van der Waals surface area contributed by atoms with Crippen LogP contribution in [0.3, 0.4) is 0 Å². The third kappa shape index (κ3) is 2.80. The van der Waals surface area contributed by atoms with Gasteiger partial charge in [0, 0.05) is 0 Å². The van der Waals surface area contributed by atoms with Gasteiger partial charge < -0.3 is 4.74 Å². The molecule has 0 radical (unpaired) electrons. The van der Waals surface area contributed by atoms with Gasteiger partial charge in [-0.15, -0.1) is 0 Å².